The highest BCUT2D eigenvalue weighted by atomic mass is 16.5. The number of hydroxylamine groups is 8. The van der Waals surface area contributed by atoms with E-state index in [2.05, 4.69) is 21.3 Å². The number of nitrogens with two attached hydrogens (primary N) is 1. The zero-order chi connectivity index (χ0) is 48.8. The number of amides is 10. The maximum absolute atomic E-state index is 13.8. The highest BCUT2D eigenvalue weighted by Gasteiger charge is 2.44. The van der Waals surface area contributed by atoms with E-state index >= 15 is 0 Å². The Morgan fingerprint density at radius 3 is 1.43 bits per heavy atom. The van der Waals surface area contributed by atoms with E-state index in [9.17, 15) is 68.8 Å². The number of rotatable bonds is 6. The molecule has 7 heterocycles. The summed E-state index contributed by atoms with van der Waals surface area (Å²) in [7, 11) is 0. The van der Waals surface area contributed by atoms with Gasteiger partial charge < -0.3 is 36.8 Å². The molecule has 374 valence electrons. The first-order valence-electron chi connectivity index (χ1n) is 23.5. The van der Waals surface area contributed by atoms with E-state index in [0.717, 1.165) is 0 Å². The van der Waals surface area contributed by atoms with Gasteiger partial charge in [0.1, 0.15) is 36.0 Å². The molecular weight excluding hydrogens is 883 g/mol. The molecule has 7 fully saturated rings. The van der Waals surface area contributed by atoms with Gasteiger partial charge in [0.2, 0.25) is 47.3 Å². The van der Waals surface area contributed by atoms with Crippen molar-refractivity contribution in [1.29, 1.82) is 0 Å². The summed E-state index contributed by atoms with van der Waals surface area (Å²) in [5, 5.41) is 54.6. The van der Waals surface area contributed by atoms with Gasteiger partial charge in [-0.05, 0) is 96.4 Å². The Morgan fingerprint density at radius 2 is 0.970 bits per heavy atom. The normalized spacial score (nSPS) is 29.1. The van der Waals surface area contributed by atoms with Crippen molar-refractivity contribution in [2.75, 3.05) is 52.4 Å². The van der Waals surface area contributed by atoms with Gasteiger partial charge in [-0.1, -0.05) is 6.42 Å². The lowest BCUT2D eigenvalue weighted by Gasteiger charge is -2.35. The molecule has 7 atom stereocenters. The molecule has 7 aliphatic heterocycles. The molecule has 7 rings (SSSR count). The van der Waals surface area contributed by atoms with E-state index < -0.39 is 101 Å². The standard InChI is InChI=1S/C42H67N11O14/c43-18-2-1-9-26-25-46-37(58)29-16-14-27(39(60)52(29)66)35(56)44-19-7-23-48(41(62)31-10-5-12-33(54)50(31)64)21-3-4-22-49(42(63)32-11-6-13-34(55)51(32)65)24-8-20-45-36(57)28-15-17-30(38(59)47-26)53(67)40(28)61/h26-32,64-67H,1-25,43H2,(H,44,56)(H,45,57)(H,46,58)(H,47,59). The summed E-state index contributed by atoms with van der Waals surface area (Å²) >= 11 is 0. The summed E-state index contributed by atoms with van der Waals surface area (Å²) in [6, 6.07) is -5.73. The third-order valence-corrected chi connectivity index (χ3v) is 13.2. The van der Waals surface area contributed by atoms with Gasteiger partial charge in [-0.2, -0.15) is 0 Å². The van der Waals surface area contributed by atoms with Crippen molar-refractivity contribution >= 4 is 59.1 Å². The van der Waals surface area contributed by atoms with Crippen LogP contribution in [0.3, 0.4) is 0 Å². The summed E-state index contributed by atoms with van der Waals surface area (Å²) < 4.78 is 0. The number of carbonyl (C=O) groups is 10. The zero-order valence-corrected chi connectivity index (χ0v) is 37.9. The molecule has 25 heteroatoms. The molecule has 0 radical (unpaired) electrons. The van der Waals surface area contributed by atoms with Gasteiger partial charge in [-0.25, -0.2) is 20.3 Å². The topological polar surface area (TPSA) is 345 Å². The second kappa shape index (κ2) is 25.0. The number of carbonyl (C=O) groups excluding carboxylic acids is 10. The summed E-state index contributed by atoms with van der Waals surface area (Å²) in [6.07, 6.45) is 3.39. The van der Waals surface area contributed by atoms with Crippen LogP contribution in [0, 0.1) is 11.8 Å². The number of hydrogen-bond donors (Lipinski definition) is 9. The van der Waals surface area contributed by atoms with E-state index in [1.165, 1.54) is 9.80 Å². The molecule has 10 amide bonds. The van der Waals surface area contributed by atoms with Crippen LogP contribution in [0.1, 0.15) is 109 Å². The number of nitrogens with zero attached hydrogens (tertiary/aromatic N) is 6. The predicted octanol–water partition coefficient (Wildman–Crippen LogP) is -2.29. The number of nitrogens with one attached hydrogen (secondary N) is 4. The fraction of sp³-hybridized carbons (Fsp3) is 0.762. The second-order valence-electron chi connectivity index (χ2n) is 17.8. The van der Waals surface area contributed by atoms with Crippen molar-refractivity contribution in [3.63, 3.8) is 0 Å². The van der Waals surface area contributed by atoms with Crippen LogP contribution in [-0.2, 0) is 47.9 Å². The first-order chi connectivity index (χ1) is 32.0. The highest BCUT2D eigenvalue weighted by molar-refractivity contribution is 6.03. The minimum atomic E-state index is -1.36. The summed E-state index contributed by atoms with van der Waals surface area (Å²) in [5.74, 6) is -9.85. The number of hydrogen-bond acceptors (Lipinski definition) is 15. The third-order valence-electron chi connectivity index (χ3n) is 13.2. The molecule has 10 N–H and O–H groups in total. The van der Waals surface area contributed by atoms with E-state index in [1.807, 2.05) is 0 Å². The Balaban J connectivity index is 1.33. The molecule has 0 saturated carbocycles. The van der Waals surface area contributed by atoms with Crippen LogP contribution in [0.2, 0.25) is 0 Å². The summed E-state index contributed by atoms with van der Waals surface area (Å²) in [6.45, 7) is 0.497. The molecule has 67 heavy (non-hydrogen) atoms. The van der Waals surface area contributed by atoms with Crippen LogP contribution in [-0.4, -0.2) is 193 Å². The molecule has 7 unspecified atom stereocenters. The average molecular weight is 950 g/mol. The van der Waals surface area contributed by atoms with E-state index in [4.69, 9.17) is 5.73 Å². The lowest BCUT2D eigenvalue weighted by molar-refractivity contribution is -0.192. The SMILES string of the molecule is NCCCCC1CNC(=O)C2CCC(C(=O)NCCCN(C(=O)C3CCCC(=O)N3O)CCCCN(C(=O)C3CCCC(=O)N3O)CCCNC(=O)C3CCC(C(=O)N1)N(O)C3=O)C(=O)N2O. The van der Waals surface area contributed by atoms with Crippen molar-refractivity contribution in [2.24, 2.45) is 17.6 Å². The molecule has 7 aliphatic rings. The largest absolute Gasteiger partial charge is 0.355 e. The molecular formula is C42H67N11O14. The van der Waals surface area contributed by atoms with Crippen molar-refractivity contribution in [2.45, 2.75) is 139 Å². The van der Waals surface area contributed by atoms with E-state index in [-0.39, 0.29) is 120 Å². The Kier molecular flexibility index (Phi) is 19.6. The molecule has 0 aromatic rings. The summed E-state index contributed by atoms with van der Waals surface area (Å²) in [4.78, 5) is 135. The monoisotopic (exact) mass is 949 g/mol. The Morgan fingerprint density at radius 1 is 0.522 bits per heavy atom. The van der Waals surface area contributed by atoms with Crippen molar-refractivity contribution in [3.8, 4) is 0 Å². The predicted molar refractivity (Wildman–Crippen MR) is 228 cm³/mol. The smallest absolute Gasteiger partial charge is 0.259 e. The highest BCUT2D eigenvalue weighted by Crippen LogP contribution is 2.25. The summed E-state index contributed by atoms with van der Waals surface area (Å²) in [5.41, 5.74) is 5.66. The minimum absolute atomic E-state index is 0.00811. The van der Waals surface area contributed by atoms with Gasteiger partial charge in [0, 0.05) is 64.7 Å². The number of piperidine rings is 4. The van der Waals surface area contributed by atoms with Crippen LogP contribution in [0.5, 0.6) is 0 Å². The fourth-order valence-corrected chi connectivity index (χ4v) is 9.21. The quantitative estimate of drug-likeness (QED) is 0.0769. The van der Waals surface area contributed by atoms with Gasteiger partial charge in [0.15, 0.2) is 0 Å². The Labute approximate surface area is 387 Å². The molecule has 0 aliphatic carbocycles. The average Bonchev–Trinajstić information content (AvgIpc) is 3.30. The van der Waals surface area contributed by atoms with Gasteiger partial charge in [0.05, 0.1) is 0 Å². The van der Waals surface area contributed by atoms with Crippen LogP contribution in [0.25, 0.3) is 0 Å². The van der Waals surface area contributed by atoms with E-state index in [0.29, 0.717) is 61.6 Å². The number of fused-ring (bicyclic) bond motifs is 2. The first kappa shape index (κ1) is 52.5. The third kappa shape index (κ3) is 13.6. The van der Waals surface area contributed by atoms with Crippen LogP contribution in [0.15, 0.2) is 0 Å². The van der Waals surface area contributed by atoms with Gasteiger partial charge in [-0.15, -0.1) is 0 Å². The van der Waals surface area contributed by atoms with Gasteiger partial charge in [0.25, 0.3) is 11.8 Å². The van der Waals surface area contributed by atoms with Crippen LogP contribution < -0.4 is 27.0 Å². The Hall–Kier alpha value is -5.50. The molecule has 0 aromatic heterocycles. The van der Waals surface area contributed by atoms with Gasteiger partial charge >= 0.3 is 0 Å². The number of unbranched alkanes of at least 4 members (excludes halogenated alkanes) is 1. The molecule has 0 spiro atoms. The lowest BCUT2D eigenvalue weighted by atomic mass is 9.91. The lowest BCUT2D eigenvalue weighted by Crippen LogP contribution is -2.59. The maximum Gasteiger partial charge on any atom is 0.259 e. The second-order valence-corrected chi connectivity index (χ2v) is 17.8. The van der Waals surface area contributed by atoms with Gasteiger partial charge in [-0.3, -0.25) is 68.8 Å². The molecule has 0 aromatic carbocycles. The molecule has 25 nitrogen and oxygen atoms in total. The maximum atomic E-state index is 13.8. The minimum Gasteiger partial charge on any atom is -0.355 e. The molecule has 4 bridgehead atoms. The van der Waals surface area contributed by atoms with Crippen molar-refractivity contribution in [1.82, 2.24) is 51.3 Å². The zero-order valence-electron chi connectivity index (χ0n) is 37.9. The van der Waals surface area contributed by atoms with E-state index in [1.54, 1.807) is 0 Å². The van der Waals surface area contributed by atoms with Crippen molar-refractivity contribution in [3.05, 3.63) is 0 Å². The molecule has 7 saturated heterocycles. The van der Waals surface area contributed by atoms with Crippen molar-refractivity contribution < 1.29 is 68.8 Å². The van der Waals surface area contributed by atoms with Crippen LogP contribution >= 0.6 is 0 Å². The first-order valence-corrected chi connectivity index (χ1v) is 23.5. The van der Waals surface area contributed by atoms with Crippen LogP contribution in [0.4, 0.5) is 0 Å². The Bertz CT molecular complexity index is 1840. The fourth-order valence-electron chi connectivity index (χ4n) is 9.21.